The summed E-state index contributed by atoms with van der Waals surface area (Å²) >= 11 is 11.9. The molecule has 1 aromatic carbocycles. The number of halogens is 2. The first kappa shape index (κ1) is 18.2. The average molecular weight is 404 g/mol. The maximum Gasteiger partial charge on any atom is 0.271 e. The Hall–Kier alpha value is -1.64. The maximum absolute atomic E-state index is 12.4. The molecule has 1 N–H and O–H groups in total. The molecular weight excluding hydrogens is 389 g/mol. The first-order valence-corrected chi connectivity index (χ1v) is 10.2. The monoisotopic (exact) mass is 403 g/mol. The summed E-state index contributed by atoms with van der Waals surface area (Å²) in [7, 11) is -3.16. The van der Waals surface area contributed by atoms with Crippen LogP contribution >= 0.6 is 23.2 Å². The van der Waals surface area contributed by atoms with Gasteiger partial charge in [-0.1, -0.05) is 23.2 Å². The van der Waals surface area contributed by atoms with Gasteiger partial charge >= 0.3 is 0 Å². The van der Waals surface area contributed by atoms with E-state index >= 15 is 0 Å². The first-order valence-electron chi connectivity index (χ1n) is 7.61. The zero-order valence-electron chi connectivity index (χ0n) is 13.0. The van der Waals surface area contributed by atoms with Gasteiger partial charge in [-0.15, -0.1) is 0 Å². The number of anilines is 1. The van der Waals surface area contributed by atoms with Gasteiger partial charge in [-0.25, -0.2) is 13.4 Å². The largest absolute Gasteiger partial charge is 0.319 e. The number of nitrogens with one attached hydrogen (secondary N) is 1. The number of nitrogens with zero attached hydrogens (tertiary/aromatic N) is 2. The number of amides is 2. The summed E-state index contributed by atoms with van der Waals surface area (Å²) in [6.07, 6.45) is 0.609. The van der Waals surface area contributed by atoms with E-state index in [1.165, 1.54) is 6.07 Å². The van der Waals surface area contributed by atoms with Crippen molar-refractivity contribution >= 4 is 56.3 Å². The molecule has 0 saturated carbocycles. The predicted molar refractivity (Wildman–Crippen MR) is 95.7 cm³/mol. The lowest BCUT2D eigenvalue weighted by molar-refractivity contribution is -0.133. The third-order valence-corrected chi connectivity index (χ3v) is 6.37. The van der Waals surface area contributed by atoms with Crippen molar-refractivity contribution in [3.8, 4) is 0 Å². The van der Waals surface area contributed by atoms with Crippen molar-refractivity contribution in [2.45, 2.75) is 25.3 Å². The Kier molecular flexibility index (Phi) is 5.04. The highest BCUT2D eigenvalue weighted by atomic mass is 35.5. The smallest absolute Gasteiger partial charge is 0.271 e. The molecule has 0 radical (unpaired) electrons. The first-order chi connectivity index (χ1) is 11.7. The van der Waals surface area contributed by atoms with Crippen LogP contribution in [-0.4, -0.2) is 48.5 Å². The van der Waals surface area contributed by atoms with Gasteiger partial charge in [0.2, 0.25) is 5.91 Å². The Labute approximate surface area is 154 Å². The number of carbonyl (C=O) groups is 2. The Morgan fingerprint density at radius 2 is 2.04 bits per heavy atom. The van der Waals surface area contributed by atoms with E-state index in [-0.39, 0.29) is 36.0 Å². The van der Waals surface area contributed by atoms with Crippen molar-refractivity contribution in [3.63, 3.8) is 0 Å². The molecule has 0 spiro atoms. The number of carbonyl (C=O) groups excluding carboxylic acids is 2. The third-order valence-electron chi connectivity index (χ3n) is 4.05. The van der Waals surface area contributed by atoms with Crippen LogP contribution in [0.3, 0.4) is 0 Å². The molecule has 0 bridgehead atoms. The lowest BCUT2D eigenvalue weighted by Crippen LogP contribution is -2.42. The van der Waals surface area contributed by atoms with Crippen molar-refractivity contribution in [3.05, 3.63) is 28.2 Å². The van der Waals surface area contributed by atoms with E-state index in [4.69, 9.17) is 23.2 Å². The van der Waals surface area contributed by atoms with Crippen LogP contribution in [0.25, 0.3) is 0 Å². The van der Waals surface area contributed by atoms with Crippen molar-refractivity contribution in [2.75, 3.05) is 16.8 Å². The number of rotatable bonds is 3. The molecule has 2 heterocycles. The number of sulfone groups is 1. The highest BCUT2D eigenvalue weighted by Crippen LogP contribution is 2.26. The maximum atomic E-state index is 12.4. The summed E-state index contributed by atoms with van der Waals surface area (Å²) in [5.41, 5.74) is 0.494. The summed E-state index contributed by atoms with van der Waals surface area (Å²) < 4.78 is 23.2. The van der Waals surface area contributed by atoms with Crippen LogP contribution in [0, 0.1) is 0 Å². The number of benzene rings is 1. The molecule has 2 aliphatic heterocycles. The predicted octanol–water partition coefficient (Wildman–Crippen LogP) is 2.10. The minimum Gasteiger partial charge on any atom is -0.319 e. The standard InChI is InChI=1S/C15H15Cl2N3O4S/c16-9-1-2-11(17)13(7-9)18-15(22)12-3-4-14(21)20(19-12)10-5-6-25(23,24)8-10/h1-2,7,10H,3-6,8H2,(H,18,22). The normalized spacial score (nSPS) is 22.6. The van der Waals surface area contributed by atoms with E-state index in [0.29, 0.717) is 22.2 Å². The molecule has 10 heteroatoms. The number of hydrazone groups is 1. The van der Waals surface area contributed by atoms with Gasteiger partial charge < -0.3 is 5.32 Å². The van der Waals surface area contributed by atoms with Crippen LogP contribution < -0.4 is 5.32 Å². The summed E-state index contributed by atoms with van der Waals surface area (Å²) in [5, 5.41) is 8.61. The molecule has 1 fully saturated rings. The van der Waals surface area contributed by atoms with E-state index in [9.17, 15) is 18.0 Å². The second kappa shape index (κ2) is 6.93. The minimum atomic E-state index is -3.16. The average Bonchev–Trinajstić information content (AvgIpc) is 2.91. The van der Waals surface area contributed by atoms with Gasteiger partial charge in [-0.2, -0.15) is 5.10 Å². The van der Waals surface area contributed by atoms with Crippen LogP contribution in [0.5, 0.6) is 0 Å². The van der Waals surface area contributed by atoms with Crippen LogP contribution in [0.2, 0.25) is 10.0 Å². The van der Waals surface area contributed by atoms with Gasteiger partial charge in [0.15, 0.2) is 9.84 Å². The van der Waals surface area contributed by atoms with Crippen LogP contribution in [-0.2, 0) is 19.4 Å². The SMILES string of the molecule is O=C(Nc1cc(Cl)ccc1Cl)C1=NN(C2CCS(=O)(=O)C2)C(=O)CC1. The van der Waals surface area contributed by atoms with E-state index in [1.807, 2.05) is 0 Å². The zero-order valence-corrected chi connectivity index (χ0v) is 15.4. The Balaban J connectivity index is 1.79. The van der Waals surface area contributed by atoms with Crippen LogP contribution in [0.4, 0.5) is 5.69 Å². The minimum absolute atomic E-state index is 0.0244. The highest BCUT2D eigenvalue weighted by Gasteiger charge is 2.37. The molecule has 7 nitrogen and oxygen atoms in total. The van der Waals surface area contributed by atoms with Gasteiger partial charge in [0.25, 0.3) is 5.91 Å². The fourth-order valence-corrected chi connectivity index (χ4v) is 4.80. The van der Waals surface area contributed by atoms with Crippen molar-refractivity contribution in [1.29, 1.82) is 0 Å². The lowest BCUT2D eigenvalue weighted by atomic mass is 10.1. The van der Waals surface area contributed by atoms with Crippen molar-refractivity contribution in [1.82, 2.24) is 5.01 Å². The fraction of sp³-hybridized carbons (Fsp3) is 0.400. The van der Waals surface area contributed by atoms with Gasteiger partial charge in [0, 0.05) is 17.9 Å². The van der Waals surface area contributed by atoms with Gasteiger partial charge in [0.05, 0.1) is 28.3 Å². The zero-order chi connectivity index (χ0) is 18.2. The van der Waals surface area contributed by atoms with Crippen molar-refractivity contribution in [2.24, 2.45) is 5.10 Å². The Bertz CT molecular complexity index is 870. The summed E-state index contributed by atoms with van der Waals surface area (Å²) in [6.45, 7) is 0. The molecule has 1 saturated heterocycles. The quantitative estimate of drug-likeness (QED) is 0.835. The van der Waals surface area contributed by atoms with Gasteiger partial charge in [-0.3, -0.25) is 9.59 Å². The molecular formula is C15H15Cl2N3O4S. The Morgan fingerprint density at radius 3 is 2.72 bits per heavy atom. The molecule has 0 aromatic heterocycles. The van der Waals surface area contributed by atoms with Crippen molar-refractivity contribution < 1.29 is 18.0 Å². The second-order valence-corrected chi connectivity index (χ2v) is 8.99. The molecule has 2 aliphatic rings. The topological polar surface area (TPSA) is 95.9 Å². The molecule has 1 unspecified atom stereocenters. The summed E-state index contributed by atoms with van der Waals surface area (Å²) in [4.78, 5) is 24.5. The van der Waals surface area contributed by atoms with E-state index < -0.39 is 21.8 Å². The molecule has 2 amide bonds. The summed E-state index contributed by atoms with van der Waals surface area (Å²) in [5.74, 6) is -0.879. The molecule has 25 heavy (non-hydrogen) atoms. The number of hydrogen-bond donors (Lipinski definition) is 1. The molecule has 134 valence electrons. The molecule has 3 rings (SSSR count). The Morgan fingerprint density at radius 1 is 1.28 bits per heavy atom. The van der Waals surface area contributed by atoms with Crippen LogP contribution in [0.15, 0.2) is 23.3 Å². The van der Waals surface area contributed by atoms with Crippen LogP contribution in [0.1, 0.15) is 19.3 Å². The molecule has 1 aromatic rings. The van der Waals surface area contributed by atoms with E-state index in [2.05, 4.69) is 10.4 Å². The summed E-state index contributed by atoms with van der Waals surface area (Å²) in [6, 6.07) is 4.15. The lowest BCUT2D eigenvalue weighted by Gasteiger charge is -2.27. The fourth-order valence-electron chi connectivity index (χ4n) is 2.78. The van der Waals surface area contributed by atoms with Gasteiger partial charge in [-0.05, 0) is 24.6 Å². The molecule has 1 atom stereocenters. The highest BCUT2D eigenvalue weighted by molar-refractivity contribution is 7.91. The number of hydrogen-bond acceptors (Lipinski definition) is 5. The molecule has 0 aliphatic carbocycles. The second-order valence-electron chi connectivity index (χ2n) is 5.92. The third kappa shape index (κ3) is 4.13. The van der Waals surface area contributed by atoms with E-state index in [1.54, 1.807) is 12.1 Å². The van der Waals surface area contributed by atoms with E-state index in [0.717, 1.165) is 5.01 Å². The van der Waals surface area contributed by atoms with Gasteiger partial charge in [0.1, 0.15) is 5.71 Å².